The van der Waals surface area contributed by atoms with Crippen LogP contribution in [0.25, 0.3) is 77.2 Å². The SMILES string of the molecule is c1cc(-c2cccc(-n3c4ccccc4c4ccncc43)c2)cc(-c2cccc(-n3c4ccccc4c4ccncc43)c2)c1. The molecule has 0 fully saturated rings. The maximum absolute atomic E-state index is 4.45. The second kappa shape index (κ2) is 9.79. The summed E-state index contributed by atoms with van der Waals surface area (Å²) in [6.45, 7) is 0. The van der Waals surface area contributed by atoms with Crippen molar-refractivity contribution in [3.05, 3.63) is 158 Å². The normalized spacial score (nSPS) is 11.6. The molecule has 4 heterocycles. The largest absolute Gasteiger partial charge is 0.308 e. The van der Waals surface area contributed by atoms with Gasteiger partial charge in [0.1, 0.15) is 0 Å². The van der Waals surface area contributed by atoms with Crippen LogP contribution in [0.4, 0.5) is 0 Å². The number of para-hydroxylation sites is 2. The Kier molecular flexibility index (Phi) is 5.47. The van der Waals surface area contributed by atoms with Crippen LogP contribution in [0.1, 0.15) is 0 Å². The topological polar surface area (TPSA) is 35.6 Å². The molecule has 9 rings (SSSR count). The van der Waals surface area contributed by atoms with Crippen molar-refractivity contribution in [2.75, 3.05) is 0 Å². The lowest BCUT2D eigenvalue weighted by Gasteiger charge is -2.12. The van der Waals surface area contributed by atoms with E-state index in [0.717, 1.165) is 22.4 Å². The second-order valence-corrected chi connectivity index (χ2v) is 11.2. The molecule has 206 valence electrons. The molecule has 0 saturated carbocycles. The van der Waals surface area contributed by atoms with Gasteiger partial charge in [-0.1, -0.05) is 78.9 Å². The van der Waals surface area contributed by atoms with Crippen molar-refractivity contribution in [2.45, 2.75) is 0 Å². The number of nitrogens with zero attached hydrogens (tertiary/aromatic N) is 4. The summed E-state index contributed by atoms with van der Waals surface area (Å²) in [5, 5.41) is 4.89. The average molecular weight is 563 g/mol. The molecular weight excluding hydrogens is 536 g/mol. The minimum absolute atomic E-state index is 1.11. The Morgan fingerprint density at radius 1 is 0.341 bits per heavy atom. The van der Waals surface area contributed by atoms with Gasteiger partial charge in [0, 0.05) is 45.3 Å². The van der Waals surface area contributed by atoms with Crippen LogP contribution in [0.5, 0.6) is 0 Å². The maximum atomic E-state index is 4.45. The van der Waals surface area contributed by atoms with E-state index >= 15 is 0 Å². The van der Waals surface area contributed by atoms with Crippen LogP contribution < -0.4 is 0 Å². The van der Waals surface area contributed by atoms with E-state index in [1.54, 1.807) is 0 Å². The molecule has 4 nitrogen and oxygen atoms in total. The zero-order chi connectivity index (χ0) is 29.0. The first-order chi connectivity index (χ1) is 21.8. The molecule has 0 unspecified atom stereocenters. The predicted octanol–water partition coefficient (Wildman–Crippen LogP) is 10.0. The van der Waals surface area contributed by atoms with Crippen LogP contribution in [0.2, 0.25) is 0 Å². The Bertz CT molecular complexity index is 2240. The van der Waals surface area contributed by atoms with Gasteiger partial charge in [0.2, 0.25) is 0 Å². The van der Waals surface area contributed by atoms with E-state index in [2.05, 4.69) is 153 Å². The molecular formula is C40H26N4. The van der Waals surface area contributed by atoms with Gasteiger partial charge < -0.3 is 9.13 Å². The number of fused-ring (bicyclic) bond motifs is 6. The zero-order valence-electron chi connectivity index (χ0n) is 23.8. The summed E-state index contributed by atoms with van der Waals surface area (Å²) in [5.74, 6) is 0. The quantitative estimate of drug-likeness (QED) is 0.214. The van der Waals surface area contributed by atoms with Crippen LogP contribution in [0, 0.1) is 0 Å². The number of hydrogen-bond acceptors (Lipinski definition) is 2. The van der Waals surface area contributed by atoms with Gasteiger partial charge in [-0.3, -0.25) is 9.97 Å². The first kappa shape index (κ1) is 24.6. The van der Waals surface area contributed by atoms with E-state index in [1.807, 2.05) is 24.8 Å². The fourth-order valence-electron chi connectivity index (χ4n) is 6.72. The highest BCUT2D eigenvalue weighted by Crippen LogP contribution is 2.35. The summed E-state index contributed by atoms with van der Waals surface area (Å²) in [5.41, 5.74) is 11.5. The van der Waals surface area contributed by atoms with Crippen LogP contribution in [-0.4, -0.2) is 19.1 Å². The van der Waals surface area contributed by atoms with Gasteiger partial charge in [0.15, 0.2) is 0 Å². The van der Waals surface area contributed by atoms with Crippen molar-refractivity contribution >= 4 is 43.6 Å². The van der Waals surface area contributed by atoms with E-state index in [-0.39, 0.29) is 0 Å². The van der Waals surface area contributed by atoms with Gasteiger partial charge in [-0.25, -0.2) is 0 Å². The molecule has 0 spiro atoms. The number of hydrogen-bond donors (Lipinski definition) is 0. The Labute approximate surface area is 254 Å². The smallest absolute Gasteiger partial charge is 0.0724 e. The number of pyridine rings is 2. The predicted molar refractivity (Wildman–Crippen MR) is 182 cm³/mol. The lowest BCUT2D eigenvalue weighted by molar-refractivity contribution is 1.17. The van der Waals surface area contributed by atoms with E-state index in [0.29, 0.717) is 0 Å². The van der Waals surface area contributed by atoms with Crippen molar-refractivity contribution in [2.24, 2.45) is 0 Å². The first-order valence-corrected chi connectivity index (χ1v) is 14.8. The third kappa shape index (κ3) is 3.78. The van der Waals surface area contributed by atoms with E-state index < -0.39 is 0 Å². The van der Waals surface area contributed by atoms with Crippen molar-refractivity contribution in [3.8, 4) is 33.6 Å². The number of benzene rings is 5. The fourth-order valence-corrected chi connectivity index (χ4v) is 6.72. The molecule has 5 aromatic carbocycles. The summed E-state index contributed by atoms with van der Waals surface area (Å²) in [4.78, 5) is 8.91. The summed E-state index contributed by atoms with van der Waals surface area (Å²) in [6, 6.07) is 47.7. The Balaban J connectivity index is 1.15. The minimum Gasteiger partial charge on any atom is -0.308 e. The highest BCUT2D eigenvalue weighted by Gasteiger charge is 2.14. The molecule has 0 aliphatic rings. The zero-order valence-corrected chi connectivity index (χ0v) is 23.8. The monoisotopic (exact) mass is 562 g/mol. The molecule has 44 heavy (non-hydrogen) atoms. The molecule has 0 N–H and O–H groups in total. The van der Waals surface area contributed by atoms with Crippen molar-refractivity contribution in [1.82, 2.24) is 19.1 Å². The molecule has 4 heteroatoms. The molecule has 4 aromatic heterocycles. The number of rotatable bonds is 4. The Morgan fingerprint density at radius 2 is 0.750 bits per heavy atom. The van der Waals surface area contributed by atoms with Crippen molar-refractivity contribution < 1.29 is 0 Å². The Hall–Kier alpha value is -6.00. The standard InChI is InChI=1S/C40H26N4/c1-3-16-37-33(14-1)35-18-20-41-25-39(35)43(37)31-12-6-10-29(23-31)27-8-5-9-28(22-27)30-11-7-13-32(24-30)44-38-17-4-2-15-34(38)36-19-21-42-26-40(36)44/h1-26H. The second-order valence-electron chi connectivity index (χ2n) is 11.2. The van der Waals surface area contributed by atoms with Gasteiger partial charge in [-0.15, -0.1) is 0 Å². The minimum atomic E-state index is 1.11. The van der Waals surface area contributed by atoms with Gasteiger partial charge >= 0.3 is 0 Å². The lowest BCUT2D eigenvalue weighted by Crippen LogP contribution is -1.95. The molecule has 0 bridgehead atoms. The van der Waals surface area contributed by atoms with E-state index in [4.69, 9.17) is 0 Å². The van der Waals surface area contributed by atoms with E-state index in [1.165, 1.54) is 54.8 Å². The third-order valence-corrected chi connectivity index (χ3v) is 8.69. The van der Waals surface area contributed by atoms with Crippen LogP contribution >= 0.6 is 0 Å². The van der Waals surface area contributed by atoms with Crippen molar-refractivity contribution in [3.63, 3.8) is 0 Å². The summed E-state index contributed by atoms with van der Waals surface area (Å²) in [6.07, 6.45) is 7.66. The molecule has 0 aliphatic carbocycles. The summed E-state index contributed by atoms with van der Waals surface area (Å²) >= 11 is 0. The highest BCUT2D eigenvalue weighted by atomic mass is 15.0. The Morgan fingerprint density at radius 3 is 1.25 bits per heavy atom. The molecule has 0 amide bonds. The molecule has 9 aromatic rings. The highest BCUT2D eigenvalue weighted by molar-refractivity contribution is 6.10. The molecule has 0 aliphatic heterocycles. The van der Waals surface area contributed by atoms with Crippen LogP contribution in [-0.2, 0) is 0 Å². The molecule has 0 atom stereocenters. The van der Waals surface area contributed by atoms with Gasteiger partial charge in [-0.2, -0.15) is 0 Å². The molecule has 0 saturated heterocycles. The third-order valence-electron chi connectivity index (χ3n) is 8.69. The first-order valence-electron chi connectivity index (χ1n) is 14.8. The lowest BCUT2D eigenvalue weighted by atomic mass is 9.98. The average Bonchev–Trinajstić information content (AvgIpc) is 3.62. The van der Waals surface area contributed by atoms with Crippen LogP contribution in [0.3, 0.4) is 0 Å². The van der Waals surface area contributed by atoms with Gasteiger partial charge in [-0.05, 0) is 76.9 Å². The van der Waals surface area contributed by atoms with Crippen molar-refractivity contribution in [1.29, 1.82) is 0 Å². The van der Waals surface area contributed by atoms with Gasteiger partial charge in [0.25, 0.3) is 0 Å². The van der Waals surface area contributed by atoms with Crippen LogP contribution in [0.15, 0.2) is 158 Å². The summed E-state index contributed by atoms with van der Waals surface area (Å²) < 4.78 is 4.63. The van der Waals surface area contributed by atoms with Gasteiger partial charge in [0.05, 0.1) is 34.5 Å². The fraction of sp³-hybridized carbons (Fsp3) is 0. The van der Waals surface area contributed by atoms with E-state index in [9.17, 15) is 0 Å². The maximum Gasteiger partial charge on any atom is 0.0724 e. The molecule has 0 radical (unpaired) electrons. The number of aromatic nitrogens is 4. The summed E-state index contributed by atoms with van der Waals surface area (Å²) in [7, 11) is 0.